The van der Waals surface area contributed by atoms with Crippen molar-refractivity contribution in [2.45, 2.75) is 66.2 Å². The molecule has 0 radical (unpaired) electrons. The fraction of sp³-hybridized carbons (Fsp3) is 0.682. The van der Waals surface area contributed by atoms with Gasteiger partial charge in [0, 0.05) is 26.2 Å². The molecule has 1 aromatic rings. The van der Waals surface area contributed by atoms with Crippen LogP contribution in [0.4, 0.5) is 0 Å². The van der Waals surface area contributed by atoms with Crippen LogP contribution >= 0.6 is 24.0 Å². The van der Waals surface area contributed by atoms with Gasteiger partial charge in [-0.3, -0.25) is 4.99 Å². The number of nitrogens with one attached hydrogen (secondary N) is 2. The number of halogens is 1. The Hall–Kier alpha value is -0.860. The Morgan fingerprint density at radius 3 is 2.43 bits per heavy atom. The third-order valence-corrected chi connectivity index (χ3v) is 4.78. The lowest BCUT2D eigenvalue weighted by molar-refractivity contribution is 0.121. The standard InChI is InChI=1S/C22H40N4O.HI/c1-6-16-27-18-21-14-10-9-13-20(21)17-24-22(23-5)25-19(4)12-11-15-26(7-2)8-3;/h9-10,13-14,19H,6-8,11-12,15-18H2,1-5H3,(H2,23,24,25);1H. The molecule has 0 aliphatic rings. The Balaban J connectivity index is 0.00000729. The summed E-state index contributed by atoms with van der Waals surface area (Å²) in [6.07, 6.45) is 3.38. The summed E-state index contributed by atoms with van der Waals surface area (Å²) in [4.78, 5) is 6.85. The Kier molecular flexibility index (Phi) is 16.5. The first-order valence-electron chi connectivity index (χ1n) is 10.5. The van der Waals surface area contributed by atoms with Crippen LogP contribution in [-0.4, -0.2) is 50.2 Å². The normalized spacial score (nSPS) is 12.6. The molecule has 0 aliphatic carbocycles. The van der Waals surface area contributed by atoms with Gasteiger partial charge in [-0.1, -0.05) is 45.0 Å². The van der Waals surface area contributed by atoms with Gasteiger partial charge in [0.05, 0.1) is 6.61 Å². The summed E-state index contributed by atoms with van der Waals surface area (Å²) in [6, 6.07) is 8.83. The second-order valence-electron chi connectivity index (χ2n) is 6.96. The zero-order valence-electron chi connectivity index (χ0n) is 18.5. The van der Waals surface area contributed by atoms with Gasteiger partial charge in [-0.05, 0) is 56.9 Å². The maximum Gasteiger partial charge on any atom is 0.191 e. The first kappa shape index (κ1) is 27.1. The fourth-order valence-corrected chi connectivity index (χ4v) is 3.04. The average Bonchev–Trinajstić information content (AvgIpc) is 2.69. The van der Waals surface area contributed by atoms with Gasteiger partial charge in [0.25, 0.3) is 0 Å². The number of guanidine groups is 1. The van der Waals surface area contributed by atoms with Gasteiger partial charge >= 0.3 is 0 Å². The molecular formula is C22H41IN4O. The number of ether oxygens (including phenoxy) is 1. The topological polar surface area (TPSA) is 48.9 Å². The molecule has 0 saturated heterocycles. The fourth-order valence-electron chi connectivity index (χ4n) is 3.04. The van der Waals surface area contributed by atoms with Crippen LogP contribution in [0.25, 0.3) is 0 Å². The van der Waals surface area contributed by atoms with Gasteiger partial charge in [0.1, 0.15) is 0 Å². The minimum atomic E-state index is 0. The van der Waals surface area contributed by atoms with E-state index in [9.17, 15) is 0 Å². The minimum absolute atomic E-state index is 0. The first-order valence-corrected chi connectivity index (χ1v) is 10.5. The van der Waals surface area contributed by atoms with E-state index in [4.69, 9.17) is 4.74 Å². The molecule has 6 heteroatoms. The summed E-state index contributed by atoms with van der Waals surface area (Å²) in [5.41, 5.74) is 2.49. The molecule has 0 heterocycles. The predicted octanol–water partition coefficient (Wildman–Crippen LogP) is 4.41. The van der Waals surface area contributed by atoms with Gasteiger partial charge in [0.15, 0.2) is 5.96 Å². The highest BCUT2D eigenvalue weighted by Gasteiger charge is 2.08. The molecule has 162 valence electrons. The Morgan fingerprint density at radius 1 is 1.14 bits per heavy atom. The lowest BCUT2D eigenvalue weighted by atomic mass is 10.1. The molecule has 0 aromatic heterocycles. The molecule has 2 N–H and O–H groups in total. The highest BCUT2D eigenvalue weighted by molar-refractivity contribution is 14.0. The van der Waals surface area contributed by atoms with Crippen molar-refractivity contribution < 1.29 is 4.74 Å². The maximum absolute atomic E-state index is 5.71. The van der Waals surface area contributed by atoms with Gasteiger partial charge in [-0.2, -0.15) is 0 Å². The lowest BCUT2D eigenvalue weighted by Crippen LogP contribution is -2.42. The Morgan fingerprint density at radius 2 is 1.82 bits per heavy atom. The molecule has 1 atom stereocenters. The summed E-state index contributed by atoms with van der Waals surface area (Å²) in [6.45, 7) is 14.4. The van der Waals surface area contributed by atoms with E-state index in [0.717, 1.165) is 51.6 Å². The predicted molar refractivity (Wildman–Crippen MR) is 132 cm³/mol. The van der Waals surface area contributed by atoms with Crippen molar-refractivity contribution in [1.29, 1.82) is 0 Å². The monoisotopic (exact) mass is 504 g/mol. The van der Waals surface area contributed by atoms with Crippen LogP contribution in [0.3, 0.4) is 0 Å². The van der Waals surface area contributed by atoms with Crippen molar-refractivity contribution in [3.63, 3.8) is 0 Å². The van der Waals surface area contributed by atoms with Gasteiger partial charge in [0.2, 0.25) is 0 Å². The van der Waals surface area contributed by atoms with E-state index in [1.807, 2.05) is 7.05 Å². The van der Waals surface area contributed by atoms with Crippen LogP contribution in [0.15, 0.2) is 29.3 Å². The highest BCUT2D eigenvalue weighted by atomic mass is 127. The number of benzene rings is 1. The summed E-state index contributed by atoms with van der Waals surface area (Å²) in [5, 5.41) is 6.95. The first-order chi connectivity index (χ1) is 13.1. The number of aliphatic imine (C=N–C) groups is 1. The Labute approximate surface area is 189 Å². The SMILES string of the molecule is CCCOCc1ccccc1CNC(=NC)NC(C)CCCN(CC)CC.I. The van der Waals surface area contributed by atoms with Crippen LogP contribution in [0, 0.1) is 0 Å². The van der Waals surface area contributed by atoms with Crippen molar-refractivity contribution in [1.82, 2.24) is 15.5 Å². The van der Waals surface area contributed by atoms with Crippen molar-refractivity contribution in [3.8, 4) is 0 Å². The molecule has 0 fully saturated rings. The van der Waals surface area contributed by atoms with E-state index in [2.05, 4.69) is 72.5 Å². The quantitative estimate of drug-likeness (QED) is 0.181. The maximum atomic E-state index is 5.71. The molecule has 1 rings (SSSR count). The van der Waals surface area contributed by atoms with Gasteiger partial charge in [-0.15, -0.1) is 24.0 Å². The summed E-state index contributed by atoms with van der Waals surface area (Å²) in [5.74, 6) is 0.856. The van der Waals surface area contributed by atoms with E-state index in [1.54, 1.807) is 0 Å². The number of hydrogen-bond acceptors (Lipinski definition) is 3. The molecule has 1 unspecified atom stereocenters. The van der Waals surface area contributed by atoms with Gasteiger partial charge in [-0.25, -0.2) is 0 Å². The lowest BCUT2D eigenvalue weighted by Gasteiger charge is -2.21. The highest BCUT2D eigenvalue weighted by Crippen LogP contribution is 2.10. The molecule has 0 saturated carbocycles. The minimum Gasteiger partial charge on any atom is -0.377 e. The molecule has 0 amide bonds. The van der Waals surface area contributed by atoms with E-state index in [0.29, 0.717) is 12.6 Å². The second-order valence-corrected chi connectivity index (χ2v) is 6.96. The van der Waals surface area contributed by atoms with E-state index in [-0.39, 0.29) is 24.0 Å². The average molecular weight is 505 g/mol. The molecule has 5 nitrogen and oxygen atoms in total. The number of rotatable bonds is 13. The van der Waals surface area contributed by atoms with Crippen molar-refractivity contribution in [2.75, 3.05) is 33.3 Å². The third-order valence-electron chi connectivity index (χ3n) is 4.78. The number of nitrogens with zero attached hydrogens (tertiary/aromatic N) is 2. The molecule has 0 spiro atoms. The summed E-state index contributed by atoms with van der Waals surface area (Å²) < 4.78 is 5.71. The zero-order valence-corrected chi connectivity index (χ0v) is 20.8. The largest absolute Gasteiger partial charge is 0.377 e. The second kappa shape index (κ2) is 17.0. The third kappa shape index (κ3) is 11.2. The van der Waals surface area contributed by atoms with Crippen LogP contribution in [0.2, 0.25) is 0 Å². The smallest absolute Gasteiger partial charge is 0.191 e. The van der Waals surface area contributed by atoms with E-state index < -0.39 is 0 Å². The van der Waals surface area contributed by atoms with Crippen LogP contribution < -0.4 is 10.6 Å². The molecule has 28 heavy (non-hydrogen) atoms. The van der Waals surface area contributed by atoms with Crippen molar-refractivity contribution in [3.05, 3.63) is 35.4 Å². The van der Waals surface area contributed by atoms with Crippen molar-refractivity contribution in [2.24, 2.45) is 4.99 Å². The van der Waals surface area contributed by atoms with E-state index in [1.165, 1.54) is 17.5 Å². The van der Waals surface area contributed by atoms with Crippen LogP contribution in [0.5, 0.6) is 0 Å². The number of hydrogen-bond donors (Lipinski definition) is 2. The van der Waals surface area contributed by atoms with Gasteiger partial charge < -0.3 is 20.3 Å². The van der Waals surface area contributed by atoms with Crippen molar-refractivity contribution >= 4 is 29.9 Å². The molecule has 1 aromatic carbocycles. The zero-order chi connectivity index (χ0) is 19.9. The van der Waals surface area contributed by atoms with Crippen LogP contribution in [0.1, 0.15) is 58.1 Å². The van der Waals surface area contributed by atoms with E-state index >= 15 is 0 Å². The summed E-state index contributed by atoms with van der Waals surface area (Å²) >= 11 is 0. The Bertz CT molecular complexity index is 535. The molecule has 0 bridgehead atoms. The molecular weight excluding hydrogens is 463 g/mol. The van der Waals surface area contributed by atoms with Crippen LogP contribution in [-0.2, 0) is 17.9 Å². The molecule has 0 aliphatic heterocycles. The summed E-state index contributed by atoms with van der Waals surface area (Å²) in [7, 11) is 1.83.